The summed E-state index contributed by atoms with van der Waals surface area (Å²) in [5, 5.41) is 7.56. The molecule has 3 nitrogen and oxygen atoms in total. The summed E-state index contributed by atoms with van der Waals surface area (Å²) in [6, 6.07) is -0.773. The van der Waals surface area contributed by atoms with Crippen LogP contribution in [0.25, 0.3) is 0 Å². The van der Waals surface area contributed by atoms with Gasteiger partial charge < -0.3 is 10.8 Å². The molecule has 0 aliphatic heterocycles. The average molecular weight is 268 g/mol. The molecule has 0 amide bonds. The average Bonchev–Trinajstić information content (AvgIpc) is 2.23. The zero-order chi connectivity index (χ0) is 13.2. The van der Waals surface area contributed by atoms with Crippen LogP contribution in [0.1, 0.15) is 24.4 Å². The van der Waals surface area contributed by atoms with Gasteiger partial charge in [-0.25, -0.2) is 13.2 Å². The summed E-state index contributed by atoms with van der Waals surface area (Å²) in [7, 11) is 0. The van der Waals surface area contributed by atoms with E-state index < -0.39 is 40.0 Å². The SMILES string of the molecule is NC(CCC(=O)O)c1c(F)cc(F)c(Cl)c1F. The number of carboxylic acids is 1. The van der Waals surface area contributed by atoms with Crippen LogP contribution in [0.3, 0.4) is 0 Å². The molecule has 3 N–H and O–H groups in total. The van der Waals surface area contributed by atoms with Gasteiger partial charge in [0.15, 0.2) is 5.82 Å². The van der Waals surface area contributed by atoms with Crippen molar-refractivity contribution in [3.05, 3.63) is 34.1 Å². The van der Waals surface area contributed by atoms with Gasteiger partial charge in [-0.2, -0.15) is 0 Å². The third-order valence-corrected chi connectivity index (χ3v) is 2.54. The lowest BCUT2D eigenvalue weighted by Gasteiger charge is -2.14. The second-order valence-corrected chi connectivity index (χ2v) is 3.80. The molecule has 0 aromatic heterocycles. The van der Waals surface area contributed by atoms with E-state index in [4.69, 9.17) is 22.4 Å². The number of benzene rings is 1. The van der Waals surface area contributed by atoms with Crippen LogP contribution in [0.4, 0.5) is 13.2 Å². The molecule has 1 aromatic carbocycles. The molecule has 0 saturated carbocycles. The Balaban J connectivity index is 3.05. The summed E-state index contributed by atoms with van der Waals surface area (Å²) < 4.78 is 39.6. The minimum atomic E-state index is -1.29. The van der Waals surface area contributed by atoms with Crippen molar-refractivity contribution in [3.8, 4) is 0 Å². The molecule has 94 valence electrons. The van der Waals surface area contributed by atoms with Gasteiger partial charge in [0.05, 0.1) is 0 Å². The molecular weight excluding hydrogens is 259 g/mol. The molecule has 1 rings (SSSR count). The molecule has 0 spiro atoms. The number of aliphatic carboxylic acids is 1. The van der Waals surface area contributed by atoms with E-state index in [-0.39, 0.29) is 12.8 Å². The Bertz CT molecular complexity index is 454. The largest absolute Gasteiger partial charge is 0.481 e. The molecule has 0 aliphatic carbocycles. The summed E-state index contributed by atoms with van der Waals surface area (Å²) in [5.41, 5.74) is 4.84. The van der Waals surface area contributed by atoms with Gasteiger partial charge in [-0.3, -0.25) is 4.79 Å². The van der Waals surface area contributed by atoms with Crippen molar-refractivity contribution in [1.82, 2.24) is 0 Å². The van der Waals surface area contributed by atoms with Crippen LogP contribution in [0.5, 0.6) is 0 Å². The number of halogens is 4. The van der Waals surface area contributed by atoms with Gasteiger partial charge in [-0.05, 0) is 6.42 Å². The predicted octanol–water partition coefficient (Wildman–Crippen LogP) is 2.62. The maximum atomic E-state index is 13.5. The van der Waals surface area contributed by atoms with Gasteiger partial charge >= 0.3 is 5.97 Å². The van der Waals surface area contributed by atoms with Gasteiger partial charge in [-0.15, -0.1) is 0 Å². The molecule has 0 bridgehead atoms. The monoisotopic (exact) mass is 267 g/mol. The van der Waals surface area contributed by atoms with Crippen molar-refractivity contribution >= 4 is 17.6 Å². The van der Waals surface area contributed by atoms with Crippen molar-refractivity contribution in [1.29, 1.82) is 0 Å². The first-order valence-electron chi connectivity index (χ1n) is 4.64. The first-order chi connectivity index (χ1) is 7.84. The molecule has 0 radical (unpaired) electrons. The molecule has 7 heteroatoms. The predicted molar refractivity (Wildman–Crippen MR) is 55.1 cm³/mol. The molecule has 0 saturated heterocycles. The molecule has 1 unspecified atom stereocenters. The Kier molecular flexibility index (Phi) is 4.36. The minimum Gasteiger partial charge on any atom is -0.481 e. The molecule has 0 aliphatic rings. The van der Waals surface area contributed by atoms with Gasteiger partial charge in [0.2, 0.25) is 0 Å². The van der Waals surface area contributed by atoms with Gasteiger partial charge in [0.1, 0.15) is 16.7 Å². The standard InChI is InChI=1S/C10H9ClF3NO2/c11-9-5(13)3-4(12)8(10(9)14)6(15)1-2-7(16)17/h3,6H,1-2,15H2,(H,16,17). The number of hydrogen-bond acceptors (Lipinski definition) is 2. The number of nitrogens with two attached hydrogens (primary N) is 1. The highest BCUT2D eigenvalue weighted by atomic mass is 35.5. The van der Waals surface area contributed by atoms with E-state index in [0.29, 0.717) is 6.07 Å². The number of carboxylic acid groups (broad SMARTS) is 1. The zero-order valence-electron chi connectivity index (χ0n) is 8.51. The van der Waals surface area contributed by atoms with Crippen LogP contribution in [-0.2, 0) is 4.79 Å². The van der Waals surface area contributed by atoms with Crippen LogP contribution in [-0.4, -0.2) is 11.1 Å². The van der Waals surface area contributed by atoms with Crippen LogP contribution in [0, 0.1) is 17.5 Å². The smallest absolute Gasteiger partial charge is 0.303 e. The van der Waals surface area contributed by atoms with E-state index in [2.05, 4.69) is 0 Å². The Labute approximate surface area is 100.0 Å². The number of rotatable bonds is 4. The van der Waals surface area contributed by atoms with Crippen LogP contribution < -0.4 is 5.73 Å². The van der Waals surface area contributed by atoms with Crippen molar-refractivity contribution in [2.75, 3.05) is 0 Å². The van der Waals surface area contributed by atoms with Crippen molar-refractivity contribution in [2.24, 2.45) is 5.73 Å². The maximum absolute atomic E-state index is 13.5. The fourth-order valence-electron chi connectivity index (χ4n) is 1.34. The maximum Gasteiger partial charge on any atom is 0.303 e. The van der Waals surface area contributed by atoms with Crippen molar-refractivity contribution in [3.63, 3.8) is 0 Å². The van der Waals surface area contributed by atoms with E-state index in [1.807, 2.05) is 0 Å². The summed E-state index contributed by atoms with van der Waals surface area (Å²) in [4.78, 5) is 10.3. The van der Waals surface area contributed by atoms with Gasteiger partial charge in [-0.1, -0.05) is 11.6 Å². The quantitative estimate of drug-likeness (QED) is 0.651. The topological polar surface area (TPSA) is 63.3 Å². The van der Waals surface area contributed by atoms with E-state index >= 15 is 0 Å². The highest BCUT2D eigenvalue weighted by molar-refractivity contribution is 6.31. The molecule has 0 heterocycles. The van der Waals surface area contributed by atoms with Crippen molar-refractivity contribution in [2.45, 2.75) is 18.9 Å². The first-order valence-corrected chi connectivity index (χ1v) is 5.02. The summed E-state index contributed by atoms with van der Waals surface area (Å²) in [6.45, 7) is 0. The lowest BCUT2D eigenvalue weighted by atomic mass is 10.0. The van der Waals surface area contributed by atoms with Crippen LogP contribution >= 0.6 is 11.6 Å². The zero-order valence-corrected chi connectivity index (χ0v) is 9.27. The van der Waals surface area contributed by atoms with E-state index in [0.717, 1.165) is 0 Å². The number of hydrogen-bond donors (Lipinski definition) is 2. The Morgan fingerprint density at radius 3 is 2.53 bits per heavy atom. The fraction of sp³-hybridized carbons (Fsp3) is 0.300. The van der Waals surface area contributed by atoms with Crippen LogP contribution in [0.15, 0.2) is 6.07 Å². The molecule has 17 heavy (non-hydrogen) atoms. The van der Waals surface area contributed by atoms with Crippen LogP contribution in [0.2, 0.25) is 5.02 Å². The summed E-state index contributed by atoms with van der Waals surface area (Å²) >= 11 is 5.27. The molecule has 0 fully saturated rings. The van der Waals surface area contributed by atoms with Gasteiger partial charge in [0.25, 0.3) is 0 Å². The number of carbonyl (C=O) groups is 1. The minimum absolute atomic E-state index is 0.175. The first kappa shape index (κ1) is 13.8. The fourth-order valence-corrected chi connectivity index (χ4v) is 1.50. The second-order valence-electron chi connectivity index (χ2n) is 3.42. The Morgan fingerprint density at radius 1 is 1.41 bits per heavy atom. The van der Waals surface area contributed by atoms with Crippen molar-refractivity contribution < 1.29 is 23.1 Å². The molecular formula is C10H9ClF3NO2. The normalized spacial score (nSPS) is 12.5. The Hall–Kier alpha value is -1.27. The summed E-state index contributed by atoms with van der Waals surface area (Å²) in [5.74, 6) is -4.84. The lowest BCUT2D eigenvalue weighted by molar-refractivity contribution is -0.137. The van der Waals surface area contributed by atoms with E-state index in [1.165, 1.54) is 0 Å². The van der Waals surface area contributed by atoms with Gasteiger partial charge in [0, 0.05) is 24.1 Å². The highest BCUT2D eigenvalue weighted by Crippen LogP contribution is 2.29. The second kappa shape index (κ2) is 5.37. The Morgan fingerprint density at radius 2 is 2.00 bits per heavy atom. The third kappa shape index (κ3) is 3.10. The molecule has 1 atom stereocenters. The molecule has 1 aromatic rings. The lowest BCUT2D eigenvalue weighted by Crippen LogP contribution is -2.16. The highest BCUT2D eigenvalue weighted by Gasteiger charge is 2.22. The summed E-state index contributed by atoms with van der Waals surface area (Å²) in [6.07, 6.45) is -0.528. The van der Waals surface area contributed by atoms with E-state index in [9.17, 15) is 18.0 Å². The van der Waals surface area contributed by atoms with E-state index in [1.54, 1.807) is 0 Å². The third-order valence-electron chi connectivity index (χ3n) is 2.19.